The molecule has 0 bridgehead atoms. The quantitative estimate of drug-likeness (QED) is 0.620. The molecule has 3 rings (SSSR count). The van der Waals surface area contributed by atoms with Gasteiger partial charge in [-0.3, -0.25) is 0 Å². The molecule has 0 unspecified atom stereocenters. The zero-order valence-corrected chi connectivity index (χ0v) is 16.5. The van der Waals surface area contributed by atoms with Crippen LogP contribution < -0.4 is 0 Å². The Labute approximate surface area is 156 Å². The van der Waals surface area contributed by atoms with E-state index in [4.69, 9.17) is 8.94 Å². The maximum Gasteiger partial charge on any atom is 0.286 e. The van der Waals surface area contributed by atoms with Crippen molar-refractivity contribution in [2.24, 2.45) is 0 Å². The topological polar surface area (TPSA) is 99.1 Å². The molecule has 27 heavy (non-hydrogen) atoms. The predicted molar refractivity (Wildman–Crippen MR) is 95.1 cm³/mol. The van der Waals surface area contributed by atoms with Crippen LogP contribution in [0.25, 0.3) is 11.7 Å². The second-order valence-corrected chi connectivity index (χ2v) is 10.2. The van der Waals surface area contributed by atoms with Crippen LogP contribution in [0.2, 0.25) is 0 Å². The monoisotopic (exact) mass is 393 g/mol. The second-order valence-electron chi connectivity index (χ2n) is 7.71. The van der Waals surface area contributed by atoms with Crippen LogP contribution in [0.15, 0.2) is 44.2 Å². The zero-order chi connectivity index (χ0) is 20.0. The number of aromatic nitrogens is 3. The van der Waals surface area contributed by atoms with Crippen molar-refractivity contribution >= 4 is 9.84 Å². The lowest BCUT2D eigenvalue weighted by atomic mass is 9.92. The van der Waals surface area contributed by atoms with E-state index < -0.39 is 20.4 Å². The SMILES string of the molecule is CC(C)(C)c1cc(-c2nnc(C(C)(C)S(=O)(=O)c3ccc(F)cc3)o2)on1. The van der Waals surface area contributed by atoms with E-state index in [1.54, 1.807) is 6.07 Å². The Morgan fingerprint density at radius 2 is 1.63 bits per heavy atom. The number of benzene rings is 1. The lowest BCUT2D eigenvalue weighted by Gasteiger charge is -2.20. The highest BCUT2D eigenvalue weighted by molar-refractivity contribution is 7.92. The van der Waals surface area contributed by atoms with E-state index in [-0.39, 0.29) is 27.9 Å². The molecule has 0 atom stereocenters. The van der Waals surface area contributed by atoms with Gasteiger partial charge in [-0.05, 0) is 38.1 Å². The highest BCUT2D eigenvalue weighted by Crippen LogP contribution is 2.36. The fourth-order valence-electron chi connectivity index (χ4n) is 2.32. The molecule has 9 heteroatoms. The zero-order valence-electron chi connectivity index (χ0n) is 15.6. The van der Waals surface area contributed by atoms with E-state index in [1.165, 1.54) is 26.0 Å². The van der Waals surface area contributed by atoms with Gasteiger partial charge in [-0.15, -0.1) is 10.2 Å². The molecule has 0 saturated carbocycles. The summed E-state index contributed by atoms with van der Waals surface area (Å²) in [7, 11) is -3.90. The summed E-state index contributed by atoms with van der Waals surface area (Å²) in [5.41, 5.74) is 0.478. The van der Waals surface area contributed by atoms with Gasteiger partial charge in [0, 0.05) is 11.5 Å². The van der Waals surface area contributed by atoms with Gasteiger partial charge in [0.15, 0.2) is 9.84 Å². The molecule has 0 N–H and O–H groups in total. The molecule has 0 amide bonds. The Hall–Kier alpha value is -2.55. The smallest absolute Gasteiger partial charge is 0.286 e. The minimum absolute atomic E-state index is 0.0374. The van der Waals surface area contributed by atoms with E-state index in [9.17, 15) is 12.8 Å². The van der Waals surface area contributed by atoms with Crippen molar-refractivity contribution in [3.63, 3.8) is 0 Å². The number of rotatable bonds is 4. The van der Waals surface area contributed by atoms with E-state index in [2.05, 4.69) is 15.4 Å². The van der Waals surface area contributed by atoms with Gasteiger partial charge in [0.1, 0.15) is 10.6 Å². The average Bonchev–Trinajstić information content (AvgIpc) is 3.24. The van der Waals surface area contributed by atoms with Crippen LogP contribution in [0.4, 0.5) is 4.39 Å². The van der Waals surface area contributed by atoms with Crippen molar-refractivity contribution in [2.45, 2.75) is 49.7 Å². The maximum atomic E-state index is 13.1. The molecule has 0 saturated heterocycles. The van der Waals surface area contributed by atoms with Gasteiger partial charge < -0.3 is 8.94 Å². The molecule has 0 aliphatic carbocycles. The number of sulfone groups is 1. The van der Waals surface area contributed by atoms with Crippen LogP contribution in [0.5, 0.6) is 0 Å². The fourth-order valence-corrected chi connectivity index (χ4v) is 3.71. The first-order valence-corrected chi connectivity index (χ1v) is 9.73. The van der Waals surface area contributed by atoms with Crippen LogP contribution in [0.3, 0.4) is 0 Å². The third-order valence-electron chi connectivity index (χ3n) is 4.23. The van der Waals surface area contributed by atoms with Crippen LogP contribution in [0.1, 0.15) is 46.2 Å². The van der Waals surface area contributed by atoms with E-state index in [1.807, 2.05) is 20.8 Å². The first kappa shape index (κ1) is 19.2. The van der Waals surface area contributed by atoms with Gasteiger partial charge in [-0.2, -0.15) is 0 Å². The Kier molecular flexibility index (Phi) is 4.46. The van der Waals surface area contributed by atoms with Gasteiger partial charge in [-0.25, -0.2) is 12.8 Å². The van der Waals surface area contributed by atoms with Gasteiger partial charge in [0.25, 0.3) is 5.89 Å². The molecule has 0 fully saturated rings. The van der Waals surface area contributed by atoms with E-state index in [0.717, 1.165) is 12.1 Å². The van der Waals surface area contributed by atoms with Gasteiger partial charge >= 0.3 is 0 Å². The van der Waals surface area contributed by atoms with Crippen LogP contribution in [0, 0.1) is 5.82 Å². The fraction of sp³-hybridized carbons (Fsp3) is 0.389. The average molecular weight is 393 g/mol. The second kappa shape index (κ2) is 6.26. The lowest BCUT2D eigenvalue weighted by molar-refractivity contribution is 0.382. The largest absolute Gasteiger partial charge is 0.416 e. The molecular weight excluding hydrogens is 373 g/mol. The Morgan fingerprint density at radius 1 is 1.00 bits per heavy atom. The predicted octanol–water partition coefficient (Wildman–Crippen LogP) is 3.87. The summed E-state index contributed by atoms with van der Waals surface area (Å²) >= 11 is 0. The maximum absolute atomic E-state index is 13.1. The molecule has 2 heterocycles. The number of nitrogens with zero attached hydrogens (tertiary/aromatic N) is 3. The van der Waals surface area contributed by atoms with Crippen molar-refractivity contribution in [3.8, 4) is 11.7 Å². The van der Waals surface area contributed by atoms with Crippen molar-refractivity contribution < 1.29 is 21.7 Å². The summed E-state index contributed by atoms with van der Waals surface area (Å²) in [6.07, 6.45) is 0. The Bertz CT molecular complexity index is 1060. The number of hydrogen-bond donors (Lipinski definition) is 0. The van der Waals surface area contributed by atoms with Crippen molar-refractivity contribution in [1.82, 2.24) is 15.4 Å². The van der Waals surface area contributed by atoms with Crippen LogP contribution >= 0.6 is 0 Å². The van der Waals surface area contributed by atoms with Crippen molar-refractivity contribution in [2.75, 3.05) is 0 Å². The third kappa shape index (κ3) is 3.39. The minimum atomic E-state index is -3.90. The van der Waals surface area contributed by atoms with Gasteiger partial charge in [-0.1, -0.05) is 25.9 Å². The summed E-state index contributed by atoms with van der Waals surface area (Å²) in [6.45, 7) is 8.83. The normalized spacial score (nSPS) is 13.1. The highest BCUT2D eigenvalue weighted by Gasteiger charge is 2.42. The number of halogens is 1. The third-order valence-corrected chi connectivity index (χ3v) is 6.64. The summed E-state index contributed by atoms with van der Waals surface area (Å²) in [4.78, 5) is -0.0386. The molecule has 1 aromatic carbocycles. The Balaban J connectivity index is 1.97. The summed E-state index contributed by atoms with van der Waals surface area (Å²) in [6, 6.07) is 6.26. The van der Waals surface area contributed by atoms with Crippen LogP contribution in [-0.2, 0) is 20.0 Å². The summed E-state index contributed by atoms with van der Waals surface area (Å²) in [5.74, 6) is -0.327. The van der Waals surface area contributed by atoms with Gasteiger partial charge in [0.05, 0.1) is 10.6 Å². The summed E-state index contributed by atoms with van der Waals surface area (Å²) in [5, 5.41) is 11.8. The van der Waals surface area contributed by atoms with Crippen molar-refractivity contribution in [3.05, 3.63) is 47.7 Å². The molecule has 3 aromatic rings. The summed E-state index contributed by atoms with van der Waals surface area (Å²) < 4.78 is 48.3. The molecule has 0 aliphatic heterocycles. The Morgan fingerprint density at radius 3 is 2.19 bits per heavy atom. The molecule has 0 spiro atoms. The van der Waals surface area contributed by atoms with Crippen LogP contribution in [-0.4, -0.2) is 23.8 Å². The first-order chi connectivity index (χ1) is 12.4. The number of hydrogen-bond acceptors (Lipinski definition) is 7. The highest BCUT2D eigenvalue weighted by atomic mass is 32.2. The molecule has 0 aliphatic rings. The van der Waals surface area contributed by atoms with Crippen molar-refractivity contribution in [1.29, 1.82) is 0 Å². The molecule has 144 valence electrons. The minimum Gasteiger partial charge on any atom is -0.416 e. The standard InChI is InChI=1S/C18H20FN3O4S/c1-17(2,3)14-10-13(26-22-14)15-20-21-16(25-15)18(4,5)27(23,24)12-8-6-11(19)7-9-12/h6-10H,1-5H3. The van der Waals surface area contributed by atoms with E-state index >= 15 is 0 Å². The molecular formula is C18H20FN3O4S. The van der Waals surface area contributed by atoms with Gasteiger partial charge in [0.2, 0.25) is 11.7 Å². The lowest BCUT2D eigenvalue weighted by Crippen LogP contribution is -2.29. The molecule has 7 nitrogen and oxygen atoms in total. The molecule has 2 aromatic heterocycles. The van der Waals surface area contributed by atoms with E-state index in [0.29, 0.717) is 5.69 Å². The molecule has 0 radical (unpaired) electrons. The first-order valence-electron chi connectivity index (χ1n) is 8.25.